The topological polar surface area (TPSA) is 47.6 Å². The van der Waals surface area contributed by atoms with Gasteiger partial charge in [-0.25, -0.2) is 0 Å². The van der Waals surface area contributed by atoms with Gasteiger partial charge in [0.25, 0.3) is 5.91 Å². The van der Waals surface area contributed by atoms with Crippen molar-refractivity contribution in [1.82, 2.24) is 5.32 Å². The van der Waals surface area contributed by atoms with Crippen LogP contribution < -0.4 is 14.8 Å². The van der Waals surface area contributed by atoms with Gasteiger partial charge in [0.15, 0.2) is 6.61 Å². The Balaban J connectivity index is 1.65. The van der Waals surface area contributed by atoms with E-state index in [-0.39, 0.29) is 18.6 Å². The lowest BCUT2D eigenvalue weighted by molar-refractivity contribution is -0.123. The third-order valence-electron chi connectivity index (χ3n) is 3.95. The van der Waals surface area contributed by atoms with Gasteiger partial charge in [0.05, 0.1) is 6.10 Å². The van der Waals surface area contributed by atoms with Crippen molar-refractivity contribution in [3.8, 4) is 11.5 Å². The molecule has 0 heterocycles. The van der Waals surface area contributed by atoms with Crippen molar-refractivity contribution in [2.45, 2.75) is 46.6 Å². The highest BCUT2D eigenvalue weighted by Gasteiger charge is 2.05. The molecule has 0 radical (unpaired) electrons. The van der Waals surface area contributed by atoms with E-state index in [9.17, 15) is 4.79 Å². The lowest BCUT2D eigenvalue weighted by atomic mass is 10.1. The summed E-state index contributed by atoms with van der Waals surface area (Å²) in [4.78, 5) is 11.9. The van der Waals surface area contributed by atoms with Gasteiger partial charge in [0.1, 0.15) is 11.5 Å². The Bertz CT molecular complexity index is 708. The molecule has 0 fully saturated rings. The van der Waals surface area contributed by atoms with Gasteiger partial charge in [-0.15, -0.1) is 0 Å². The average molecular weight is 355 g/mol. The molecule has 0 aromatic heterocycles. The van der Waals surface area contributed by atoms with Crippen LogP contribution in [0, 0.1) is 13.8 Å². The maximum atomic E-state index is 11.9. The molecule has 0 aliphatic rings. The number of aryl methyl sites for hydroxylation is 3. The first-order chi connectivity index (χ1) is 12.4. The molecular weight excluding hydrogens is 326 g/mol. The first-order valence-corrected chi connectivity index (χ1v) is 9.16. The van der Waals surface area contributed by atoms with E-state index < -0.39 is 0 Å². The molecule has 2 rings (SSSR count). The minimum absolute atomic E-state index is 0.0468. The van der Waals surface area contributed by atoms with E-state index in [0.717, 1.165) is 29.9 Å². The van der Waals surface area contributed by atoms with Gasteiger partial charge in [-0.3, -0.25) is 4.79 Å². The Hall–Kier alpha value is -2.49. The molecule has 0 aliphatic heterocycles. The third-order valence-corrected chi connectivity index (χ3v) is 3.95. The summed E-state index contributed by atoms with van der Waals surface area (Å²) in [5.41, 5.74) is 3.47. The van der Waals surface area contributed by atoms with Crippen molar-refractivity contribution >= 4 is 5.91 Å². The Morgan fingerprint density at radius 2 is 1.81 bits per heavy atom. The number of hydrogen-bond acceptors (Lipinski definition) is 3. The lowest BCUT2D eigenvalue weighted by Gasteiger charge is -2.11. The Labute approximate surface area is 156 Å². The summed E-state index contributed by atoms with van der Waals surface area (Å²) in [6, 6.07) is 14.1. The largest absolute Gasteiger partial charge is 0.491 e. The van der Waals surface area contributed by atoms with Gasteiger partial charge in [0.2, 0.25) is 0 Å². The van der Waals surface area contributed by atoms with Crippen LogP contribution in [0.3, 0.4) is 0 Å². The molecule has 1 amide bonds. The van der Waals surface area contributed by atoms with Crippen molar-refractivity contribution in [1.29, 1.82) is 0 Å². The van der Waals surface area contributed by atoms with Crippen molar-refractivity contribution in [3.63, 3.8) is 0 Å². The average Bonchev–Trinajstić information content (AvgIpc) is 2.59. The fourth-order valence-electron chi connectivity index (χ4n) is 2.68. The van der Waals surface area contributed by atoms with E-state index in [1.54, 1.807) is 0 Å². The van der Waals surface area contributed by atoms with Crippen molar-refractivity contribution < 1.29 is 14.3 Å². The van der Waals surface area contributed by atoms with Gasteiger partial charge in [-0.2, -0.15) is 0 Å². The molecule has 0 spiro atoms. The molecule has 0 unspecified atom stereocenters. The van der Waals surface area contributed by atoms with Crippen LogP contribution in [-0.2, 0) is 11.2 Å². The van der Waals surface area contributed by atoms with E-state index in [1.165, 1.54) is 11.1 Å². The van der Waals surface area contributed by atoms with Gasteiger partial charge >= 0.3 is 0 Å². The zero-order valence-electron chi connectivity index (χ0n) is 16.2. The Morgan fingerprint density at radius 1 is 1.08 bits per heavy atom. The number of hydrogen-bond donors (Lipinski definition) is 1. The number of carbonyl (C=O) groups excluding carboxylic acids is 1. The molecule has 0 saturated heterocycles. The minimum Gasteiger partial charge on any atom is -0.491 e. The number of carbonyl (C=O) groups is 1. The maximum absolute atomic E-state index is 11.9. The van der Waals surface area contributed by atoms with Crippen LogP contribution in [0.25, 0.3) is 0 Å². The van der Waals surface area contributed by atoms with Crippen LogP contribution >= 0.6 is 0 Å². The smallest absolute Gasteiger partial charge is 0.257 e. The predicted molar refractivity (Wildman–Crippen MR) is 105 cm³/mol. The first-order valence-electron chi connectivity index (χ1n) is 9.16. The summed E-state index contributed by atoms with van der Waals surface area (Å²) in [5.74, 6) is 1.56. The molecule has 2 aromatic carbocycles. The second-order valence-electron chi connectivity index (χ2n) is 6.82. The molecule has 0 saturated carbocycles. The predicted octanol–water partition coefficient (Wildman–Crippen LogP) is 4.22. The summed E-state index contributed by atoms with van der Waals surface area (Å²) in [7, 11) is 0. The molecule has 2 aromatic rings. The molecule has 0 bridgehead atoms. The Kier molecular flexibility index (Phi) is 7.52. The van der Waals surface area contributed by atoms with Crippen LogP contribution in [-0.4, -0.2) is 25.2 Å². The molecule has 0 aliphatic carbocycles. The SMILES string of the molecule is Cc1ccc(OCC(=O)NCCCc2ccc(OC(C)C)cc2)c(C)c1. The second-order valence-corrected chi connectivity index (χ2v) is 6.82. The van der Waals surface area contributed by atoms with E-state index in [1.807, 2.05) is 58.0 Å². The van der Waals surface area contributed by atoms with Crippen molar-refractivity contribution in [3.05, 3.63) is 59.2 Å². The van der Waals surface area contributed by atoms with E-state index >= 15 is 0 Å². The fraction of sp³-hybridized carbons (Fsp3) is 0.409. The molecule has 0 atom stereocenters. The van der Waals surface area contributed by atoms with Crippen LogP contribution in [0.5, 0.6) is 11.5 Å². The molecule has 26 heavy (non-hydrogen) atoms. The van der Waals surface area contributed by atoms with E-state index in [4.69, 9.17) is 9.47 Å². The first kappa shape index (κ1) is 19.8. The lowest BCUT2D eigenvalue weighted by Crippen LogP contribution is -2.30. The number of ether oxygens (including phenoxy) is 2. The zero-order chi connectivity index (χ0) is 18.9. The van der Waals surface area contributed by atoms with Crippen LogP contribution in [0.2, 0.25) is 0 Å². The highest BCUT2D eigenvalue weighted by Crippen LogP contribution is 2.18. The number of benzene rings is 2. The summed E-state index contributed by atoms with van der Waals surface area (Å²) in [6.45, 7) is 8.73. The van der Waals surface area contributed by atoms with Crippen LogP contribution in [0.15, 0.2) is 42.5 Å². The fourth-order valence-corrected chi connectivity index (χ4v) is 2.68. The van der Waals surface area contributed by atoms with Gasteiger partial charge in [-0.1, -0.05) is 29.8 Å². The van der Waals surface area contributed by atoms with Crippen LogP contribution in [0.1, 0.15) is 37.0 Å². The normalized spacial score (nSPS) is 10.7. The molecule has 140 valence electrons. The minimum atomic E-state index is -0.0920. The molecule has 4 heteroatoms. The summed E-state index contributed by atoms with van der Waals surface area (Å²) >= 11 is 0. The Morgan fingerprint density at radius 3 is 2.46 bits per heavy atom. The van der Waals surface area contributed by atoms with Gasteiger partial charge < -0.3 is 14.8 Å². The van der Waals surface area contributed by atoms with Gasteiger partial charge in [-0.05, 0) is 69.9 Å². The summed E-state index contributed by atoms with van der Waals surface area (Å²) in [5, 5.41) is 2.90. The quantitative estimate of drug-likeness (QED) is 0.685. The highest BCUT2D eigenvalue weighted by atomic mass is 16.5. The highest BCUT2D eigenvalue weighted by molar-refractivity contribution is 5.77. The molecule has 4 nitrogen and oxygen atoms in total. The number of amides is 1. The second kappa shape index (κ2) is 9.85. The van der Waals surface area contributed by atoms with E-state index in [2.05, 4.69) is 17.4 Å². The monoisotopic (exact) mass is 355 g/mol. The maximum Gasteiger partial charge on any atom is 0.257 e. The summed E-state index contributed by atoms with van der Waals surface area (Å²) < 4.78 is 11.2. The number of nitrogens with one attached hydrogen (secondary N) is 1. The number of rotatable bonds is 9. The van der Waals surface area contributed by atoms with Crippen LogP contribution in [0.4, 0.5) is 0 Å². The van der Waals surface area contributed by atoms with Crippen molar-refractivity contribution in [2.24, 2.45) is 0 Å². The standard InChI is InChI=1S/C22H29NO3/c1-16(2)26-20-10-8-19(9-11-20)6-5-13-23-22(24)15-25-21-12-7-17(3)14-18(21)4/h7-12,14,16H,5-6,13,15H2,1-4H3,(H,23,24). The van der Waals surface area contributed by atoms with Gasteiger partial charge in [0, 0.05) is 6.54 Å². The third kappa shape index (κ3) is 6.79. The molecule has 1 N–H and O–H groups in total. The zero-order valence-corrected chi connectivity index (χ0v) is 16.2. The summed E-state index contributed by atoms with van der Waals surface area (Å²) in [6.07, 6.45) is 1.99. The molecular formula is C22H29NO3. The van der Waals surface area contributed by atoms with E-state index in [0.29, 0.717) is 6.54 Å². The van der Waals surface area contributed by atoms with Crippen molar-refractivity contribution in [2.75, 3.05) is 13.2 Å².